The number of benzene rings is 1. The molecule has 1 heterocycles. The maximum absolute atomic E-state index is 11.0. The topological polar surface area (TPSA) is 44.4 Å². The molecule has 18 heavy (non-hydrogen) atoms. The molecule has 4 nitrogen and oxygen atoms in total. The van der Waals surface area contributed by atoms with Crippen molar-refractivity contribution in [3.05, 3.63) is 29.8 Å². The van der Waals surface area contributed by atoms with Gasteiger partial charge in [0.25, 0.3) is 0 Å². The highest BCUT2D eigenvalue weighted by Gasteiger charge is 2.17. The quantitative estimate of drug-likeness (QED) is 0.849. The second kappa shape index (κ2) is 5.98. The molecule has 1 aliphatic heterocycles. The van der Waals surface area contributed by atoms with Crippen molar-refractivity contribution < 1.29 is 4.79 Å². The maximum atomic E-state index is 11.0. The fraction of sp³-hybridized carbons (Fsp3) is 0.500. The summed E-state index contributed by atoms with van der Waals surface area (Å²) in [5.41, 5.74) is 2.12. The van der Waals surface area contributed by atoms with Gasteiger partial charge in [0.2, 0.25) is 5.91 Å². The van der Waals surface area contributed by atoms with Gasteiger partial charge in [-0.1, -0.05) is 12.1 Å². The summed E-state index contributed by atoms with van der Waals surface area (Å²) in [4.78, 5) is 13.5. The van der Waals surface area contributed by atoms with E-state index in [1.165, 1.54) is 12.5 Å². The molecule has 0 radical (unpaired) electrons. The van der Waals surface area contributed by atoms with Gasteiger partial charge in [0.15, 0.2) is 0 Å². The van der Waals surface area contributed by atoms with E-state index in [1.807, 2.05) is 12.1 Å². The van der Waals surface area contributed by atoms with Gasteiger partial charge in [-0.3, -0.25) is 9.69 Å². The average Bonchev–Trinajstić information content (AvgIpc) is 2.32. The zero-order chi connectivity index (χ0) is 13.0. The number of piperazine rings is 1. The fourth-order valence-corrected chi connectivity index (χ4v) is 2.30. The third-order valence-corrected chi connectivity index (χ3v) is 3.27. The molecule has 0 saturated carbocycles. The Morgan fingerprint density at radius 1 is 1.56 bits per heavy atom. The highest BCUT2D eigenvalue weighted by atomic mass is 16.1. The summed E-state index contributed by atoms with van der Waals surface area (Å²) >= 11 is 0. The van der Waals surface area contributed by atoms with E-state index in [2.05, 4.69) is 34.6 Å². The molecule has 1 aromatic rings. The molecule has 1 aliphatic rings. The van der Waals surface area contributed by atoms with Crippen LogP contribution in [0.15, 0.2) is 24.3 Å². The molecular weight excluding hydrogens is 226 g/mol. The Morgan fingerprint density at radius 2 is 2.39 bits per heavy atom. The largest absolute Gasteiger partial charge is 0.326 e. The van der Waals surface area contributed by atoms with Gasteiger partial charge >= 0.3 is 0 Å². The SMILES string of the molecule is CC(=O)Nc1cccc(CN2CCNC[C@H]2C)c1. The van der Waals surface area contributed by atoms with Crippen LogP contribution >= 0.6 is 0 Å². The summed E-state index contributed by atoms with van der Waals surface area (Å²) < 4.78 is 0. The Morgan fingerprint density at radius 3 is 3.11 bits per heavy atom. The molecule has 0 spiro atoms. The van der Waals surface area contributed by atoms with Crippen LogP contribution in [0.4, 0.5) is 5.69 Å². The lowest BCUT2D eigenvalue weighted by molar-refractivity contribution is -0.114. The first-order valence-electron chi connectivity index (χ1n) is 6.46. The van der Waals surface area contributed by atoms with E-state index in [0.717, 1.165) is 31.9 Å². The third kappa shape index (κ3) is 3.55. The van der Waals surface area contributed by atoms with Crippen LogP contribution in [-0.2, 0) is 11.3 Å². The van der Waals surface area contributed by atoms with Crippen molar-refractivity contribution in [3.8, 4) is 0 Å². The molecule has 2 rings (SSSR count). The van der Waals surface area contributed by atoms with Crippen molar-refractivity contribution >= 4 is 11.6 Å². The minimum Gasteiger partial charge on any atom is -0.326 e. The fourth-order valence-electron chi connectivity index (χ4n) is 2.30. The first-order chi connectivity index (χ1) is 8.65. The minimum atomic E-state index is -0.0253. The van der Waals surface area contributed by atoms with Gasteiger partial charge in [-0.15, -0.1) is 0 Å². The predicted molar refractivity (Wildman–Crippen MR) is 73.5 cm³/mol. The van der Waals surface area contributed by atoms with Gasteiger partial charge in [0, 0.05) is 44.8 Å². The number of nitrogens with zero attached hydrogens (tertiary/aromatic N) is 1. The Balaban J connectivity index is 2.02. The maximum Gasteiger partial charge on any atom is 0.221 e. The zero-order valence-electron chi connectivity index (χ0n) is 11.1. The van der Waals surface area contributed by atoms with E-state index < -0.39 is 0 Å². The molecule has 2 N–H and O–H groups in total. The Hall–Kier alpha value is -1.39. The lowest BCUT2D eigenvalue weighted by Gasteiger charge is -2.33. The van der Waals surface area contributed by atoms with E-state index in [-0.39, 0.29) is 5.91 Å². The predicted octanol–water partition coefficient (Wildman–Crippen LogP) is 1.44. The van der Waals surface area contributed by atoms with Crippen LogP contribution in [-0.4, -0.2) is 36.5 Å². The Kier molecular flexibility index (Phi) is 4.33. The molecule has 4 heteroatoms. The van der Waals surface area contributed by atoms with E-state index >= 15 is 0 Å². The molecule has 1 fully saturated rings. The molecule has 98 valence electrons. The number of hydrogen-bond acceptors (Lipinski definition) is 3. The van der Waals surface area contributed by atoms with Crippen LogP contribution in [0.3, 0.4) is 0 Å². The third-order valence-electron chi connectivity index (χ3n) is 3.27. The summed E-state index contributed by atoms with van der Waals surface area (Å²) in [5, 5.41) is 6.21. The number of carbonyl (C=O) groups excluding carboxylic acids is 1. The monoisotopic (exact) mass is 247 g/mol. The van der Waals surface area contributed by atoms with E-state index in [0.29, 0.717) is 6.04 Å². The Bertz CT molecular complexity index is 419. The first-order valence-corrected chi connectivity index (χ1v) is 6.46. The number of amides is 1. The van der Waals surface area contributed by atoms with Crippen molar-refractivity contribution in [2.45, 2.75) is 26.4 Å². The van der Waals surface area contributed by atoms with Crippen LogP contribution in [0.2, 0.25) is 0 Å². The minimum absolute atomic E-state index is 0.0253. The van der Waals surface area contributed by atoms with Crippen LogP contribution in [0.1, 0.15) is 19.4 Å². The van der Waals surface area contributed by atoms with E-state index in [1.54, 1.807) is 0 Å². The number of carbonyl (C=O) groups is 1. The van der Waals surface area contributed by atoms with Gasteiger partial charge < -0.3 is 10.6 Å². The number of rotatable bonds is 3. The summed E-state index contributed by atoms with van der Waals surface area (Å²) in [6.45, 7) is 7.89. The highest BCUT2D eigenvalue weighted by Crippen LogP contribution is 2.14. The van der Waals surface area contributed by atoms with Gasteiger partial charge in [-0.05, 0) is 24.6 Å². The number of nitrogens with one attached hydrogen (secondary N) is 2. The van der Waals surface area contributed by atoms with Gasteiger partial charge in [-0.2, -0.15) is 0 Å². The standard InChI is InChI=1S/C14H21N3O/c1-11-9-15-6-7-17(11)10-13-4-3-5-14(8-13)16-12(2)18/h3-5,8,11,15H,6-7,9-10H2,1-2H3,(H,16,18)/t11-/m1/s1. The van der Waals surface area contributed by atoms with Crippen LogP contribution in [0.5, 0.6) is 0 Å². The first kappa shape index (κ1) is 13.1. The van der Waals surface area contributed by atoms with Gasteiger partial charge in [0.05, 0.1) is 0 Å². The van der Waals surface area contributed by atoms with E-state index in [4.69, 9.17) is 0 Å². The Labute approximate surface area is 108 Å². The van der Waals surface area contributed by atoms with Crippen molar-refractivity contribution in [2.75, 3.05) is 25.0 Å². The zero-order valence-corrected chi connectivity index (χ0v) is 11.1. The molecule has 0 aliphatic carbocycles. The summed E-state index contributed by atoms with van der Waals surface area (Å²) in [6.07, 6.45) is 0. The molecule has 1 saturated heterocycles. The average molecular weight is 247 g/mol. The summed E-state index contributed by atoms with van der Waals surface area (Å²) in [5.74, 6) is -0.0253. The molecule has 1 aromatic carbocycles. The summed E-state index contributed by atoms with van der Waals surface area (Å²) in [7, 11) is 0. The molecular formula is C14H21N3O. The summed E-state index contributed by atoms with van der Waals surface area (Å²) in [6, 6.07) is 8.64. The highest BCUT2D eigenvalue weighted by molar-refractivity contribution is 5.88. The molecule has 0 aromatic heterocycles. The second-order valence-electron chi connectivity index (χ2n) is 4.91. The van der Waals surface area contributed by atoms with Crippen molar-refractivity contribution in [1.29, 1.82) is 0 Å². The van der Waals surface area contributed by atoms with Crippen molar-refractivity contribution in [2.24, 2.45) is 0 Å². The molecule has 1 amide bonds. The number of anilines is 1. The van der Waals surface area contributed by atoms with Crippen molar-refractivity contribution in [3.63, 3.8) is 0 Å². The lowest BCUT2D eigenvalue weighted by atomic mass is 10.1. The number of hydrogen-bond donors (Lipinski definition) is 2. The van der Waals surface area contributed by atoms with Crippen LogP contribution in [0, 0.1) is 0 Å². The molecule has 1 atom stereocenters. The van der Waals surface area contributed by atoms with Crippen molar-refractivity contribution in [1.82, 2.24) is 10.2 Å². The van der Waals surface area contributed by atoms with Gasteiger partial charge in [0.1, 0.15) is 0 Å². The molecule has 0 bridgehead atoms. The van der Waals surface area contributed by atoms with Crippen LogP contribution in [0.25, 0.3) is 0 Å². The normalized spacial score (nSPS) is 20.7. The molecule has 0 unspecified atom stereocenters. The lowest BCUT2D eigenvalue weighted by Crippen LogP contribution is -2.49. The van der Waals surface area contributed by atoms with Crippen LogP contribution < -0.4 is 10.6 Å². The van der Waals surface area contributed by atoms with E-state index in [9.17, 15) is 4.79 Å². The second-order valence-corrected chi connectivity index (χ2v) is 4.91. The smallest absolute Gasteiger partial charge is 0.221 e. The van der Waals surface area contributed by atoms with Gasteiger partial charge in [-0.25, -0.2) is 0 Å².